The van der Waals surface area contributed by atoms with Gasteiger partial charge in [-0.05, 0) is 125 Å². The molecule has 28 heteroatoms. The molecule has 0 aliphatic rings. The monoisotopic (exact) mass is 1090 g/mol. The van der Waals surface area contributed by atoms with Gasteiger partial charge in [-0.25, -0.2) is 9.59 Å². The van der Waals surface area contributed by atoms with Gasteiger partial charge in [-0.2, -0.15) is 35.1 Å². The molecule has 0 saturated carbocycles. The molecule has 0 unspecified atom stereocenters. The summed E-state index contributed by atoms with van der Waals surface area (Å²) in [6, 6.07) is 5.66. The second-order valence-electron chi connectivity index (χ2n) is 15.7. The number of carbonyl (C=O) groups excluding carboxylic acids is 2. The third kappa shape index (κ3) is 17.8. The van der Waals surface area contributed by atoms with Gasteiger partial charge in [-0.1, -0.05) is 0 Å². The predicted octanol–water partition coefficient (Wildman–Crippen LogP) is 13.2. The van der Waals surface area contributed by atoms with Crippen molar-refractivity contribution in [1.29, 1.82) is 0 Å². The van der Waals surface area contributed by atoms with Gasteiger partial charge < -0.3 is 47.9 Å². The summed E-state index contributed by atoms with van der Waals surface area (Å²) >= 11 is 2.73. The number of methoxy groups -OCH3 is 2. The number of ether oxygens (including phenoxy) is 8. The van der Waals surface area contributed by atoms with Crippen molar-refractivity contribution in [1.82, 2.24) is 0 Å². The summed E-state index contributed by atoms with van der Waals surface area (Å²) in [6.45, 7) is 11.2. The van der Waals surface area contributed by atoms with E-state index in [4.69, 9.17) is 38.5 Å². The first-order valence-corrected chi connectivity index (χ1v) is 19.9. The molecule has 388 valence electrons. The number of halogens is 15. The van der Waals surface area contributed by atoms with E-state index in [-0.39, 0.29) is 0 Å². The van der Waals surface area contributed by atoms with Crippen molar-refractivity contribution in [3.8, 4) is 46.0 Å². The Labute approximate surface area is 397 Å². The number of alkyl halides is 12. The second-order valence-corrected chi connectivity index (χ2v) is 16.5. The van der Waals surface area contributed by atoms with E-state index < -0.39 is 145 Å². The van der Waals surface area contributed by atoms with Crippen molar-refractivity contribution >= 4 is 35.0 Å². The Hall–Kier alpha value is -5.90. The lowest BCUT2D eigenvalue weighted by molar-refractivity contribution is -0.276. The van der Waals surface area contributed by atoms with Gasteiger partial charge >= 0.3 is 44.1 Å². The number of hydrogen-bond acceptors (Lipinski definition) is 12. The summed E-state index contributed by atoms with van der Waals surface area (Å²) in [6.07, 6.45) is -20.0. The van der Waals surface area contributed by atoms with Crippen molar-refractivity contribution in [2.45, 2.75) is 91.6 Å². The summed E-state index contributed by atoms with van der Waals surface area (Å²) in [5.74, 6) is -11.7. The van der Waals surface area contributed by atoms with E-state index in [1.807, 2.05) is 0 Å². The third-order valence-corrected chi connectivity index (χ3v) is 8.52. The van der Waals surface area contributed by atoms with E-state index in [1.54, 1.807) is 0 Å². The Morgan fingerprint density at radius 3 is 1.14 bits per heavy atom. The van der Waals surface area contributed by atoms with Crippen LogP contribution >= 0.6 is 15.9 Å². The summed E-state index contributed by atoms with van der Waals surface area (Å²) in [5, 5.41) is 15.2. The Balaban J connectivity index is 0.000000446. The number of benzene rings is 4. The molecule has 0 amide bonds. The Bertz CT molecular complexity index is 2310. The van der Waals surface area contributed by atoms with Crippen LogP contribution in [-0.2, 0) is 21.8 Å². The SMILES string of the molecule is CB(O)O.COc1c(Oc2ccc(C(F)(F)F)c(Br)c2C(=O)OC(C)(C)C)ccc(OC(F)(F)F)c1F.COc1c(Oc2ccc(C(F)(F)F)c(C)c2C(=O)OC(C)(C)C)ccc(OC(F)(F)F)c1F. The molecule has 0 aliphatic heterocycles. The van der Waals surface area contributed by atoms with Crippen LogP contribution in [0.2, 0.25) is 6.82 Å². The Morgan fingerprint density at radius 2 is 0.829 bits per heavy atom. The van der Waals surface area contributed by atoms with E-state index in [2.05, 4.69) is 25.4 Å². The molecule has 12 nitrogen and oxygen atoms in total. The maximum absolute atomic E-state index is 14.5. The van der Waals surface area contributed by atoms with Crippen molar-refractivity contribution in [3.63, 3.8) is 0 Å². The second kappa shape index (κ2) is 22.9. The van der Waals surface area contributed by atoms with E-state index in [1.165, 1.54) is 48.4 Å². The summed E-state index contributed by atoms with van der Waals surface area (Å²) in [4.78, 5) is 25.3. The third-order valence-electron chi connectivity index (χ3n) is 7.70. The number of rotatable bonds is 10. The first-order chi connectivity index (χ1) is 31.6. The number of carbonyl (C=O) groups is 2. The molecule has 4 aromatic carbocycles. The van der Waals surface area contributed by atoms with Gasteiger partial charge in [0.1, 0.15) is 33.8 Å². The fourth-order valence-electron chi connectivity index (χ4n) is 5.27. The molecule has 0 bridgehead atoms. The standard InChI is InChI=1S/C21H19F7O5.C20H16BrF7O5.CH5BO2/c1-10-11(20(23,24)25)6-7-12(15(10)18(29)33-19(2,3)4)31-14-9-8-13(32-21(26,27)28)16(22)17(14)30-5;1-18(2,3)33-17(29)13-10(6-5-9(14(13)21)19(23,24)25)31-12-8-7-11(32-20(26,27)28)15(22)16(12)30-4;1-2(3)4/h6-9H,1-5H3;5-8H,1-4H3;3-4H,1H3. The molecule has 0 heterocycles. The largest absolute Gasteiger partial charge is 0.573 e. The maximum atomic E-state index is 14.5. The zero-order valence-corrected chi connectivity index (χ0v) is 39.4. The normalized spacial score (nSPS) is 12.0. The summed E-state index contributed by atoms with van der Waals surface area (Å²) < 4.78 is 221. The first kappa shape index (κ1) is 60.2. The van der Waals surface area contributed by atoms with Crippen molar-refractivity contribution in [2.75, 3.05) is 14.2 Å². The van der Waals surface area contributed by atoms with Crippen LogP contribution in [0.25, 0.3) is 0 Å². The van der Waals surface area contributed by atoms with Crippen LogP contribution in [0.5, 0.6) is 46.0 Å². The number of esters is 2. The molecule has 0 saturated heterocycles. The van der Waals surface area contributed by atoms with Gasteiger partial charge in [-0.15, -0.1) is 26.3 Å². The van der Waals surface area contributed by atoms with Gasteiger partial charge in [-0.3, -0.25) is 0 Å². The highest BCUT2D eigenvalue weighted by molar-refractivity contribution is 9.10. The van der Waals surface area contributed by atoms with Crippen molar-refractivity contribution in [3.05, 3.63) is 92.5 Å². The Kier molecular flexibility index (Phi) is 19.7. The van der Waals surface area contributed by atoms with E-state index in [0.29, 0.717) is 24.3 Å². The highest BCUT2D eigenvalue weighted by Crippen LogP contribution is 2.46. The van der Waals surface area contributed by atoms with Gasteiger partial charge in [0.25, 0.3) is 0 Å². The lowest BCUT2D eigenvalue weighted by atomic mass is 9.99. The molecule has 0 atom stereocenters. The van der Waals surface area contributed by atoms with Gasteiger partial charge in [0.2, 0.25) is 23.1 Å². The molecule has 0 radical (unpaired) electrons. The highest BCUT2D eigenvalue weighted by Gasteiger charge is 2.40. The molecular formula is C42H40BBrF14O12. The van der Waals surface area contributed by atoms with Gasteiger partial charge in [0, 0.05) is 4.47 Å². The lowest BCUT2D eigenvalue weighted by Gasteiger charge is -2.23. The summed E-state index contributed by atoms with van der Waals surface area (Å²) in [7, 11) is 0.676. The number of hydrogen-bond donors (Lipinski definition) is 2. The van der Waals surface area contributed by atoms with E-state index in [0.717, 1.165) is 45.4 Å². The predicted molar refractivity (Wildman–Crippen MR) is 221 cm³/mol. The average Bonchev–Trinajstić information content (AvgIpc) is 3.14. The molecule has 70 heavy (non-hydrogen) atoms. The quantitative estimate of drug-likeness (QED) is 0.0884. The van der Waals surface area contributed by atoms with Crippen molar-refractivity contribution < 1.29 is 119 Å². The van der Waals surface area contributed by atoms with Crippen LogP contribution in [0.1, 0.15) is 78.9 Å². The average molecular weight is 1090 g/mol. The minimum absolute atomic E-state index is 0.461. The van der Waals surface area contributed by atoms with Crippen LogP contribution in [0.15, 0.2) is 53.0 Å². The minimum atomic E-state index is -5.20. The first-order valence-electron chi connectivity index (χ1n) is 19.2. The lowest BCUT2D eigenvalue weighted by Crippen LogP contribution is -2.25. The smallest absolute Gasteiger partial charge is 0.490 e. The van der Waals surface area contributed by atoms with Crippen LogP contribution in [-0.4, -0.2) is 67.3 Å². The molecular weight excluding hydrogens is 1050 g/mol. The van der Waals surface area contributed by atoms with E-state index in [9.17, 15) is 71.1 Å². The molecule has 4 aromatic rings. The van der Waals surface area contributed by atoms with Crippen LogP contribution in [0, 0.1) is 18.6 Å². The highest BCUT2D eigenvalue weighted by atomic mass is 79.9. The maximum Gasteiger partial charge on any atom is 0.573 e. The van der Waals surface area contributed by atoms with Crippen molar-refractivity contribution in [2.24, 2.45) is 0 Å². The molecule has 0 spiro atoms. The topological polar surface area (TPSA) is 148 Å². The van der Waals surface area contributed by atoms with Gasteiger partial charge in [0.15, 0.2) is 23.0 Å². The van der Waals surface area contributed by atoms with Crippen LogP contribution < -0.4 is 28.4 Å². The zero-order chi connectivity index (χ0) is 54.3. The molecule has 0 fully saturated rings. The van der Waals surface area contributed by atoms with Crippen LogP contribution in [0.4, 0.5) is 61.5 Å². The summed E-state index contributed by atoms with van der Waals surface area (Å²) in [5.41, 5.74) is -6.33. The molecule has 0 aliphatic carbocycles. The minimum Gasteiger partial charge on any atom is -0.490 e. The Morgan fingerprint density at radius 1 is 0.529 bits per heavy atom. The fourth-order valence-corrected chi connectivity index (χ4v) is 5.98. The molecule has 2 N–H and O–H groups in total. The van der Waals surface area contributed by atoms with Gasteiger partial charge in [0.05, 0.1) is 25.3 Å². The molecule has 4 rings (SSSR count). The molecule has 0 aromatic heterocycles. The fraction of sp³-hybridized carbons (Fsp3) is 0.381. The zero-order valence-electron chi connectivity index (χ0n) is 37.8. The van der Waals surface area contributed by atoms with E-state index >= 15 is 0 Å². The van der Waals surface area contributed by atoms with Crippen LogP contribution in [0.3, 0.4) is 0 Å².